The number of pyridine rings is 1. The van der Waals surface area contributed by atoms with Gasteiger partial charge in [-0.15, -0.1) is 0 Å². The summed E-state index contributed by atoms with van der Waals surface area (Å²) in [5, 5.41) is 3.88. The smallest absolute Gasteiger partial charge is 0.319 e. The highest BCUT2D eigenvalue weighted by molar-refractivity contribution is 6.30. The Morgan fingerprint density at radius 3 is 2.67 bits per heavy atom. The van der Waals surface area contributed by atoms with Crippen molar-refractivity contribution in [2.24, 2.45) is 0 Å². The van der Waals surface area contributed by atoms with Gasteiger partial charge >= 0.3 is 6.03 Å². The van der Waals surface area contributed by atoms with Crippen LogP contribution >= 0.6 is 11.6 Å². The fourth-order valence-corrected chi connectivity index (χ4v) is 3.46. The van der Waals surface area contributed by atoms with E-state index >= 15 is 0 Å². The summed E-state index contributed by atoms with van der Waals surface area (Å²) in [6, 6.07) is 12.3. The fraction of sp³-hybridized carbons (Fsp3) is 0.150. The molecule has 1 aromatic heterocycles. The molecule has 0 spiro atoms. The van der Waals surface area contributed by atoms with Crippen LogP contribution in [0.4, 0.5) is 9.18 Å². The van der Waals surface area contributed by atoms with Crippen molar-refractivity contribution in [3.63, 3.8) is 0 Å². The van der Waals surface area contributed by atoms with Crippen molar-refractivity contribution >= 4 is 34.4 Å². The average molecular weight is 384 g/mol. The summed E-state index contributed by atoms with van der Waals surface area (Å²) in [4.78, 5) is 30.9. The third-order valence-corrected chi connectivity index (χ3v) is 5.03. The molecule has 2 heterocycles. The minimum Gasteiger partial charge on any atom is -0.319 e. The van der Waals surface area contributed by atoms with Gasteiger partial charge < -0.3 is 5.32 Å². The molecule has 2 aromatic carbocycles. The number of carbonyl (C=O) groups excluding carboxylic acids is 2. The molecule has 0 saturated carbocycles. The second-order valence-electron chi connectivity index (χ2n) is 6.59. The number of rotatable bonds is 3. The lowest BCUT2D eigenvalue weighted by atomic mass is 9.92. The van der Waals surface area contributed by atoms with Gasteiger partial charge in [-0.25, -0.2) is 9.18 Å². The first-order valence-corrected chi connectivity index (χ1v) is 8.69. The maximum atomic E-state index is 14.0. The second-order valence-corrected chi connectivity index (χ2v) is 7.03. The van der Waals surface area contributed by atoms with Gasteiger partial charge in [0.25, 0.3) is 5.91 Å². The number of aromatic nitrogens is 1. The van der Waals surface area contributed by atoms with Crippen LogP contribution in [0.25, 0.3) is 10.9 Å². The van der Waals surface area contributed by atoms with Crippen LogP contribution in [0.15, 0.2) is 54.7 Å². The van der Waals surface area contributed by atoms with Crippen LogP contribution in [0.1, 0.15) is 18.1 Å². The van der Waals surface area contributed by atoms with Gasteiger partial charge in [-0.1, -0.05) is 29.8 Å². The molecule has 1 atom stereocenters. The van der Waals surface area contributed by atoms with E-state index in [2.05, 4.69) is 10.3 Å². The van der Waals surface area contributed by atoms with Crippen LogP contribution in [0.5, 0.6) is 0 Å². The van der Waals surface area contributed by atoms with Crippen molar-refractivity contribution in [3.05, 3.63) is 76.7 Å². The monoisotopic (exact) mass is 383 g/mol. The topological polar surface area (TPSA) is 62.3 Å². The van der Waals surface area contributed by atoms with Crippen LogP contribution in [0, 0.1) is 5.82 Å². The van der Waals surface area contributed by atoms with E-state index in [1.807, 2.05) is 0 Å². The number of imide groups is 1. The molecule has 1 unspecified atom stereocenters. The zero-order valence-corrected chi connectivity index (χ0v) is 15.1. The number of nitrogens with zero attached hydrogens (tertiary/aromatic N) is 2. The van der Waals surface area contributed by atoms with Gasteiger partial charge in [0.2, 0.25) is 0 Å². The molecule has 0 aliphatic carbocycles. The molecule has 27 heavy (non-hydrogen) atoms. The zero-order chi connectivity index (χ0) is 19.2. The lowest BCUT2D eigenvalue weighted by molar-refractivity contribution is -0.131. The molecule has 0 radical (unpaired) electrons. The molecule has 7 heteroatoms. The quantitative estimate of drug-likeness (QED) is 0.695. The van der Waals surface area contributed by atoms with E-state index in [1.165, 1.54) is 12.1 Å². The molecule has 5 nitrogen and oxygen atoms in total. The van der Waals surface area contributed by atoms with Crippen LogP contribution in [-0.2, 0) is 16.9 Å². The number of urea groups is 1. The summed E-state index contributed by atoms with van der Waals surface area (Å²) in [6.45, 7) is 1.57. The number of halogens is 2. The first-order chi connectivity index (χ1) is 12.9. The van der Waals surface area contributed by atoms with Crippen molar-refractivity contribution in [2.45, 2.75) is 19.0 Å². The summed E-state index contributed by atoms with van der Waals surface area (Å²) in [5.41, 5.74) is 0.433. The summed E-state index contributed by atoms with van der Waals surface area (Å²) in [5.74, 6) is -0.860. The number of benzene rings is 2. The van der Waals surface area contributed by atoms with Gasteiger partial charge in [-0.05, 0) is 42.8 Å². The predicted octanol–water partition coefficient (Wildman–Crippen LogP) is 3.99. The van der Waals surface area contributed by atoms with Gasteiger partial charge in [0.15, 0.2) is 0 Å². The normalized spacial score (nSPS) is 19.6. The number of amides is 3. The third-order valence-electron chi connectivity index (χ3n) is 4.77. The van der Waals surface area contributed by atoms with Crippen molar-refractivity contribution in [1.82, 2.24) is 15.2 Å². The molecular formula is C20H15ClFN3O2. The molecule has 4 rings (SSSR count). The number of nitrogens with one attached hydrogen (secondary N) is 1. The van der Waals surface area contributed by atoms with Crippen molar-refractivity contribution < 1.29 is 14.0 Å². The predicted molar refractivity (Wildman–Crippen MR) is 99.6 cm³/mol. The lowest BCUT2D eigenvalue weighted by Gasteiger charge is -2.22. The van der Waals surface area contributed by atoms with Crippen LogP contribution in [0.2, 0.25) is 5.02 Å². The Morgan fingerprint density at radius 1 is 1.19 bits per heavy atom. The minimum atomic E-state index is -1.21. The number of hydrogen-bond acceptors (Lipinski definition) is 3. The summed E-state index contributed by atoms with van der Waals surface area (Å²) in [7, 11) is 0. The largest absolute Gasteiger partial charge is 0.325 e. The summed E-state index contributed by atoms with van der Waals surface area (Å²) >= 11 is 5.91. The minimum absolute atomic E-state index is 0.0703. The summed E-state index contributed by atoms with van der Waals surface area (Å²) < 4.78 is 14.0. The van der Waals surface area contributed by atoms with E-state index in [0.717, 1.165) is 4.90 Å². The standard InChI is InChI=1S/C20H15ClFN3O2/c1-20(14-4-6-15(21)7-5-14)18(26)25(19(27)24-20)11-13-10-16(22)9-12-3-2-8-23-17(12)13/h2-10H,11H2,1H3,(H,24,27). The highest BCUT2D eigenvalue weighted by Crippen LogP contribution is 2.31. The molecule has 1 saturated heterocycles. The van der Waals surface area contributed by atoms with Crippen molar-refractivity contribution in [2.75, 3.05) is 0 Å². The molecule has 136 valence electrons. The van der Waals surface area contributed by atoms with Crippen molar-refractivity contribution in [1.29, 1.82) is 0 Å². The first kappa shape index (κ1) is 17.4. The number of hydrogen-bond donors (Lipinski definition) is 1. The number of carbonyl (C=O) groups is 2. The van der Waals surface area contributed by atoms with Gasteiger partial charge in [0, 0.05) is 22.2 Å². The molecule has 1 aliphatic rings. The zero-order valence-electron chi connectivity index (χ0n) is 14.4. The highest BCUT2D eigenvalue weighted by Gasteiger charge is 2.49. The van der Waals surface area contributed by atoms with Crippen molar-refractivity contribution in [3.8, 4) is 0 Å². The van der Waals surface area contributed by atoms with E-state index in [-0.39, 0.29) is 6.54 Å². The second kappa shape index (κ2) is 6.32. The van der Waals surface area contributed by atoms with Crippen LogP contribution < -0.4 is 5.32 Å². The fourth-order valence-electron chi connectivity index (χ4n) is 3.34. The molecule has 0 bridgehead atoms. The Kier molecular flexibility index (Phi) is 4.08. The van der Waals surface area contributed by atoms with Gasteiger partial charge in [-0.2, -0.15) is 0 Å². The summed E-state index contributed by atoms with van der Waals surface area (Å²) in [6.07, 6.45) is 1.59. The molecule has 1 aliphatic heterocycles. The Labute approximate surface area is 159 Å². The van der Waals surface area contributed by atoms with E-state index < -0.39 is 23.3 Å². The lowest BCUT2D eigenvalue weighted by Crippen LogP contribution is -2.40. The Bertz CT molecular complexity index is 1070. The van der Waals surface area contributed by atoms with E-state index in [1.54, 1.807) is 49.5 Å². The SMILES string of the molecule is CC1(c2ccc(Cl)cc2)NC(=O)N(Cc2cc(F)cc3cccnc23)C1=O. The van der Waals surface area contributed by atoms with Crippen LogP contribution in [0.3, 0.4) is 0 Å². The number of fused-ring (bicyclic) bond motifs is 1. The highest BCUT2D eigenvalue weighted by atomic mass is 35.5. The maximum absolute atomic E-state index is 14.0. The van der Waals surface area contributed by atoms with Gasteiger partial charge in [0.1, 0.15) is 11.4 Å². The molecule has 3 aromatic rings. The van der Waals surface area contributed by atoms with Gasteiger partial charge in [-0.3, -0.25) is 14.7 Å². The van der Waals surface area contributed by atoms with Crippen LogP contribution in [-0.4, -0.2) is 21.8 Å². The maximum Gasteiger partial charge on any atom is 0.325 e. The first-order valence-electron chi connectivity index (χ1n) is 8.32. The molecule has 1 fully saturated rings. The Hall–Kier alpha value is -2.99. The molecular weight excluding hydrogens is 369 g/mol. The van der Waals surface area contributed by atoms with E-state index in [9.17, 15) is 14.0 Å². The third kappa shape index (κ3) is 2.92. The molecule has 1 N–H and O–H groups in total. The Balaban J connectivity index is 1.71. The van der Waals surface area contributed by atoms with E-state index in [4.69, 9.17) is 11.6 Å². The van der Waals surface area contributed by atoms with E-state index in [0.29, 0.717) is 27.1 Å². The Morgan fingerprint density at radius 2 is 1.93 bits per heavy atom. The molecule has 3 amide bonds. The average Bonchev–Trinajstić information content (AvgIpc) is 2.86. The van der Waals surface area contributed by atoms with Gasteiger partial charge in [0.05, 0.1) is 12.1 Å².